The zero-order chi connectivity index (χ0) is 18.2. The summed E-state index contributed by atoms with van der Waals surface area (Å²) in [7, 11) is 1.72. The number of halogens is 1. The van der Waals surface area contributed by atoms with E-state index in [2.05, 4.69) is 34.4 Å². The van der Waals surface area contributed by atoms with Gasteiger partial charge in [0.1, 0.15) is 0 Å². The van der Waals surface area contributed by atoms with E-state index in [9.17, 15) is 4.79 Å². The summed E-state index contributed by atoms with van der Waals surface area (Å²) in [6.45, 7) is 7.56. The van der Waals surface area contributed by atoms with Crippen LogP contribution in [0.2, 0.25) is 5.02 Å². The van der Waals surface area contributed by atoms with Crippen LogP contribution in [-0.4, -0.2) is 62.6 Å². The second kappa shape index (κ2) is 9.51. The van der Waals surface area contributed by atoms with Gasteiger partial charge >= 0.3 is 0 Å². The van der Waals surface area contributed by atoms with E-state index in [0.717, 1.165) is 43.3 Å². The molecule has 0 radical (unpaired) electrons. The summed E-state index contributed by atoms with van der Waals surface area (Å²) in [6, 6.07) is 8.16. The van der Waals surface area contributed by atoms with Crippen molar-refractivity contribution in [1.82, 2.24) is 15.5 Å². The number of piperazine rings is 1. The lowest BCUT2D eigenvalue weighted by Gasteiger charge is -2.36. The van der Waals surface area contributed by atoms with Gasteiger partial charge in [-0.3, -0.25) is 9.79 Å². The van der Waals surface area contributed by atoms with Gasteiger partial charge in [0.15, 0.2) is 5.96 Å². The molecule has 25 heavy (non-hydrogen) atoms. The van der Waals surface area contributed by atoms with Crippen molar-refractivity contribution in [2.24, 2.45) is 4.99 Å². The molecule has 138 valence electrons. The molecular formula is C18H28ClN5O. The van der Waals surface area contributed by atoms with Gasteiger partial charge in [-0.15, -0.1) is 0 Å². The van der Waals surface area contributed by atoms with E-state index >= 15 is 0 Å². The molecule has 1 heterocycles. The minimum atomic E-state index is 0.0999. The average molecular weight is 366 g/mol. The van der Waals surface area contributed by atoms with Gasteiger partial charge in [-0.2, -0.15) is 0 Å². The van der Waals surface area contributed by atoms with Gasteiger partial charge in [0.25, 0.3) is 0 Å². The zero-order valence-corrected chi connectivity index (χ0v) is 16.0. The lowest BCUT2D eigenvalue weighted by molar-refractivity contribution is -0.130. The van der Waals surface area contributed by atoms with Gasteiger partial charge in [-0.25, -0.2) is 0 Å². The molecule has 0 spiro atoms. The first kappa shape index (κ1) is 19.4. The molecule has 7 heteroatoms. The van der Waals surface area contributed by atoms with Crippen molar-refractivity contribution >= 4 is 29.2 Å². The van der Waals surface area contributed by atoms with Crippen LogP contribution in [-0.2, 0) is 4.79 Å². The highest BCUT2D eigenvalue weighted by Crippen LogP contribution is 2.19. The summed E-state index contributed by atoms with van der Waals surface area (Å²) in [5.41, 5.74) is 1.15. The Balaban J connectivity index is 1.78. The third-order valence-corrected chi connectivity index (χ3v) is 4.70. The zero-order valence-electron chi connectivity index (χ0n) is 15.3. The number of aliphatic imine (C=N–C) groups is 1. The SMILES string of the molecule is CCC(C)NC(=NC)NCC(=O)N1CCN(c2ccc(Cl)cc2)CC1. The summed E-state index contributed by atoms with van der Waals surface area (Å²) in [5, 5.41) is 7.10. The molecular weight excluding hydrogens is 338 g/mol. The largest absolute Gasteiger partial charge is 0.368 e. The summed E-state index contributed by atoms with van der Waals surface area (Å²) >= 11 is 5.94. The minimum Gasteiger partial charge on any atom is -0.368 e. The Morgan fingerprint density at radius 1 is 1.24 bits per heavy atom. The van der Waals surface area contributed by atoms with Gasteiger partial charge < -0.3 is 20.4 Å². The highest BCUT2D eigenvalue weighted by Gasteiger charge is 2.21. The van der Waals surface area contributed by atoms with Crippen LogP contribution in [0.3, 0.4) is 0 Å². The van der Waals surface area contributed by atoms with E-state index in [1.54, 1.807) is 7.05 Å². The van der Waals surface area contributed by atoms with Crippen LogP contribution in [0, 0.1) is 0 Å². The van der Waals surface area contributed by atoms with Crippen LogP contribution in [0.1, 0.15) is 20.3 Å². The fourth-order valence-corrected chi connectivity index (χ4v) is 2.79. The van der Waals surface area contributed by atoms with Crippen LogP contribution >= 0.6 is 11.6 Å². The first-order chi connectivity index (χ1) is 12.0. The van der Waals surface area contributed by atoms with Crippen LogP contribution in [0.4, 0.5) is 5.69 Å². The maximum absolute atomic E-state index is 12.4. The number of carbonyl (C=O) groups excluding carboxylic acids is 1. The highest BCUT2D eigenvalue weighted by molar-refractivity contribution is 6.30. The molecule has 6 nitrogen and oxygen atoms in total. The fraction of sp³-hybridized carbons (Fsp3) is 0.556. The van der Waals surface area contributed by atoms with Crippen LogP contribution in [0.25, 0.3) is 0 Å². The Hall–Kier alpha value is -1.95. The third-order valence-electron chi connectivity index (χ3n) is 4.45. The molecule has 1 aromatic carbocycles. The predicted octanol–water partition coefficient (Wildman–Crippen LogP) is 1.95. The highest BCUT2D eigenvalue weighted by atomic mass is 35.5. The van der Waals surface area contributed by atoms with Gasteiger partial charge in [0.05, 0.1) is 6.54 Å². The van der Waals surface area contributed by atoms with Crippen LogP contribution in [0.5, 0.6) is 0 Å². The number of amides is 1. The summed E-state index contributed by atoms with van der Waals surface area (Å²) in [6.07, 6.45) is 1.00. The normalized spacial score (nSPS) is 16.6. The Kier molecular flexibility index (Phi) is 7.37. The molecule has 0 saturated carbocycles. The molecule has 0 bridgehead atoms. The minimum absolute atomic E-state index is 0.0999. The fourth-order valence-electron chi connectivity index (χ4n) is 2.67. The maximum Gasteiger partial charge on any atom is 0.242 e. The molecule has 1 saturated heterocycles. The van der Waals surface area contributed by atoms with Gasteiger partial charge in [-0.05, 0) is 37.6 Å². The summed E-state index contributed by atoms with van der Waals surface area (Å²) in [5.74, 6) is 0.769. The Labute approximate surface area is 155 Å². The second-order valence-electron chi connectivity index (χ2n) is 6.22. The number of rotatable bonds is 5. The van der Waals surface area contributed by atoms with Gasteiger partial charge in [0, 0.05) is 50.0 Å². The quantitative estimate of drug-likeness (QED) is 0.618. The molecule has 1 unspecified atom stereocenters. The number of anilines is 1. The molecule has 0 aromatic heterocycles. The van der Waals surface area contributed by atoms with E-state index in [4.69, 9.17) is 11.6 Å². The second-order valence-corrected chi connectivity index (χ2v) is 6.66. The molecule has 1 aliphatic rings. The number of nitrogens with one attached hydrogen (secondary N) is 2. The molecule has 1 amide bonds. The summed E-state index contributed by atoms with van der Waals surface area (Å²) in [4.78, 5) is 20.7. The monoisotopic (exact) mass is 365 g/mol. The standard InChI is InChI=1S/C18H28ClN5O/c1-4-14(2)22-18(20-3)21-13-17(25)24-11-9-23(10-12-24)16-7-5-15(19)6-8-16/h5-8,14H,4,9-13H2,1-3H3,(H2,20,21,22). The van der Waals surface area contributed by atoms with E-state index in [1.165, 1.54) is 0 Å². The first-order valence-corrected chi connectivity index (χ1v) is 9.16. The smallest absolute Gasteiger partial charge is 0.242 e. The number of guanidine groups is 1. The van der Waals surface area contributed by atoms with Gasteiger partial charge in [0.2, 0.25) is 5.91 Å². The van der Waals surface area contributed by atoms with Crippen molar-refractivity contribution in [3.05, 3.63) is 29.3 Å². The Bertz CT molecular complexity index is 582. The van der Waals surface area contributed by atoms with E-state index < -0.39 is 0 Å². The topological polar surface area (TPSA) is 60.0 Å². The first-order valence-electron chi connectivity index (χ1n) is 8.79. The predicted molar refractivity (Wildman–Crippen MR) is 104 cm³/mol. The lowest BCUT2D eigenvalue weighted by Crippen LogP contribution is -2.52. The lowest BCUT2D eigenvalue weighted by atomic mass is 10.2. The molecule has 1 aromatic rings. The van der Waals surface area contributed by atoms with E-state index in [1.807, 2.05) is 29.2 Å². The maximum atomic E-state index is 12.4. The third kappa shape index (κ3) is 5.81. The van der Waals surface area contributed by atoms with Crippen molar-refractivity contribution in [3.8, 4) is 0 Å². The molecule has 2 rings (SSSR count). The van der Waals surface area contributed by atoms with Crippen molar-refractivity contribution in [2.75, 3.05) is 44.7 Å². The van der Waals surface area contributed by atoms with Crippen molar-refractivity contribution < 1.29 is 4.79 Å². The average Bonchev–Trinajstić information content (AvgIpc) is 2.65. The number of benzene rings is 1. The molecule has 0 aliphatic carbocycles. The Morgan fingerprint density at radius 2 is 1.88 bits per heavy atom. The van der Waals surface area contributed by atoms with E-state index in [0.29, 0.717) is 12.0 Å². The van der Waals surface area contributed by atoms with E-state index in [-0.39, 0.29) is 12.5 Å². The molecule has 1 atom stereocenters. The summed E-state index contributed by atoms with van der Waals surface area (Å²) < 4.78 is 0. The van der Waals surface area contributed by atoms with Crippen molar-refractivity contribution in [3.63, 3.8) is 0 Å². The van der Waals surface area contributed by atoms with Crippen LogP contribution < -0.4 is 15.5 Å². The molecule has 2 N–H and O–H groups in total. The number of hydrogen-bond acceptors (Lipinski definition) is 3. The van der Waals surface area contributed by atoms with Crippen molar-refractivity contribution in [2.45, 2.75) is 26.3 Å². The molecule has 1 aliphatic heterocycles. The van der Waals surface area contributed by atoms with Crippen LogP contribution in [0.15, 0.2) is 29.3 Å². The van der Waals surface area contributed by atoms with Crippen molar-refractivity contribution in [1.29, 1.82) is 0 Å². The number of carbonyl (C=O) groups is 1. The number of nitrogens with zero attached hydrogens (tertiary/aromatic N) is 3. The Morgan fingerprint density at radius 3 is 2.44 bits per heavy atom. The number of hydrogen-bond donors (Lipinski definition) is 2. The van der Waals surface area contributed by atoms with Gasteiger partial charge in [-0.1, -0.05) is 18.5 Å². The molecule has 1 fully saturated rings.